The van der Waals surface area contributed by atoms with Crippen LogP contribution >= 0.6 is 11.3 Å². The first-order valence-electron chi connectivity index (χ1n) is 9.16. The molecule has 0 spiro atoms. The number of rotatable bonds is 4. The minimum absolute atomic E-state index is 0.0643. The molecule has 1 aromatic heterocycles. The van der Waals surface area contributed by atoms with Gasteiger partial charge in [-0.2, -0.15) is 0 Å². The molecule has 0 fully saturated rings. The van der Waals surface area contributed by atoms with Gasteiger partial charge in [0.25, 0.3) is 5.91 Å². The van der Waals surface area contributed by atoms with Gasteiger partial charge in [0.15, 0.2) is 6.29 Å². The topological polar surface area (TPSA) is 69.6 Å². The molecule has 0 saturated carbocycles. The number of thiophene rings is 1. The molecule has 4 rings (SSSR count). The lowest BCUT2D eigenvalue weighted by Gasteiger charge is -2.26. The molecule has 1 unspecified atom stereocenters. The molecule has 0 radical (unpaired) electrons. The number of carbonyl (C=O) groups is 1. The van der Waals surface area contributed by atoms with Crippen molar-refractivity contribution in [2.45, 2.75) is 31.5 Å². The summed E-state index contributed by atoms with van der Waals surface area (Å²) < 4.78 is 13.1. The van der Waals surface area contributed by atoms with Gasteiger partial charge in [-0.15, -0.1) is 11.3 Å². The van der Waals surface area contributed by atoms with Crippen LogP contribution in [0.5, 0.6) is 0 Å². The molecule has 0 saturated heterocycles. The summed E-state index contributed by atoms with van der Waals surface area (Å²) in [4.78, 5) is 12.5. The summed E-state index contributed by atoms with van der Waals surface area (Å²) in [6.07, 6.45) is 1.26. The van der Waals surface area contributed by atoms with Crippen molar-refractivity contribution in [2.24, 2.45) is 0 Å². The number of halogens is 1. The number of nitrogens with one attached hydrogen (secondary N) is 1. The highest BCUT2D eigenvalue weighted by Crippen LogP contribution is 2.44. The summed E-state index contributed by atoms with van der Waals surface area (Å²) in [5.41, 5.74) is 3.95. The van der Waals surface area contributed by atoms with Crippen molar-refractivity contribution < 1.29 is 19.4 Å². The average molecular weight is 397 g/mol. The Morgan fingerprint density at radius 3 is 2.61 bits per heavy atom. The zero-order chi connectivity index (χ0) is 19.7. The van der Waals surface area contributed by atoms with E-state index in [9.17, 15) is 19.4 Å². The Kier molecular flexibility index (Phi) is 5.26. The van der Waals surface area contributed by atoms with Crippen LogP contribution in [0.3, 0.4) is 0 Å². The third kappa shape index (κ3) is 3.58. The van der Waals surface area contributed by atoms with Crippen LogP contribution in [0.15, 0.2) is 53.9 Å². The molecule has 0 bridgehead atoms. The van der Waals surface area contributed by atoms with E-state index in [1.54, 1.807) is 0 Å². The Labute approximate surface area is 166 Å². The van der Waals surface area contributed by atoms with Gasteiger partial charge in [0.1, 0.15) is 10.8 Å². The fourth-order valence-corrected chi connectivity index (χ4v) is 4.90. The highest BCUT2D eigenvalue weighted by atomic mass is 32.1. The number of amides is 1. The van der Waals surface area contributed by atoms with Crippen LogP contribution in [-0.2, 0) is 6.42 Å². The van der Waals surface area contributed by atoms with E-state index in [0.29, 0.717) is 16.1 Å². The van der Waals surface area contributed by atoms with E-state index in [2.05, 4.69) is 17.4 Å². The summed E-state index contributed by atoms with van der Waals surface area (Å²) in [6, 6.07) is 13.4. The van der Waals surface area contributed by atoms with Crippen LogP contribution in [0.4, 0.5) is 9.39 Å². The molecule has 4 nitrogen and oxygen atoms in total. The minimum atomic E-state index is -1.70. The Morgan fingerprint density at radius 1 is 1.11 bits per heavy atom. The number of carbonyl (C=O) groups excluding carboxylic acids is 1. The lowest BCUT2D eigenvalue weighted by atomic mass is 9.78. The fraction of sp³-hybridized carbons (Fsp3) is 0.227. The maximum atomic E-state index is 13.1. The van der Waals surface area contributed by atoms with E-state index in [1.807, 2.05) is 17.5 Å². The molecule has 1 amide bonds. The molecule has 0 aliphatic heterocycles. The van der Waals surface area contributed by atoms with E-state index in [-0.39, 0.29) is 5.92 Å². The molecule has 6 heteroatoms. The molecule has 3 N–H and O–H groups in total. The molecule has 1 aliphatic carbocycles. The molecule has 3 aromatic rings. The Balaban J connectivity index is 1.67. The standard InChI is InChI=1S/C22H20FNO3S/c23-15-10-8-14(9-11-15)20(25)24-21-19(22(26)27)18(12-28-21)17-7-3-5-13-4-1-2-6-16(13)17/h1-2,4,6,8-12,17,22,26-27H,3,5,7H2,(H,24,25). The number of hydrogen-bond donors (Lipinski definition) is 3. The molecule has 2 aromatic carbocycles. The quantitative estimate of drug-likeness (QED) is 0.564. The SMILES string of the molecule is O=C(Nc1scc(C2CCCc3ccccc32)c1C(O)O)c1ccc(F)cc1. The number of hydrogen-bond acceptors (Lipinski definition) is 4. The van der Waals surface area contributed by atoms with Crippen LogP contribution in [0.25, 0.3) is 0 Å². The second-order valence-corrected chi connectivity index (χ2v) is 7.79. The lowest BCUT2D eigenvalue weighted by Crippen LogP contribution is -2.16. The van der Waals surface area contributed by atoms with E-state index < -0.39 is 18.0 Å². The maximum absolute atomic E-state index is 13.1. The van der Waals surface area contributed by atoms with Gasteiger partial charge in [-0.3, -0.25) is 4.79 Å². The zero-order valence-corrected chi connectivity index (χ0v) is 15.9. The zero-order valence-electron chi connectivity index (χ0n) is 15.1. The van der Waals surface area contributed by atoms with Gasteiger partial charge in [-0.1, -0.05) is 24.3 Å². The first-order valence-corrected chi connectivity index (χ1v) is 10.0. The molecule has 1 heterocycles. The van der Waals surface area contributed by atoms with Crippen molar-refractivity contribution in [3.8, 4) is 0 Å². The van der Waals surface area contributed by atoms with Crippen molar-refractivity contribution in [2.75, 3.05) is 5.32 Å². The number of aliphatic hydroxyl groups excluding tert-OH is 1. The summed E-state index contributed by atoms with van der Waals surface area (Å²) in [7, 11) is 0. The van der Waals surface area contributed by atoms with Crippen LogP contribution in [0.2, 0.25) is 0 Å². The van der Waals surface area contributed by atoms with Crippen molar-refractivity contribution in [1.29, 1.82) is 0 Å². The van der Waals surface area contributed by atoms with Crippen LogP contribution in [0, 0.1) is 5.82 Å². The minimum Gasteiger partial charge on any atom is -0.364 e. The number of benzene rings is 2. The van der Waals surface area contributed by atoms with Gasteiger partial charge in [0.05, 0.1) is 0 Å². The summed E-state index contributed by atoms with van der Waals surface area (Å²) >= 11 is 1.27. The molecule has 1 aliphatic rings. The van der Waals surface area contributed by atoms with Crippen LogP contribution in [0.1, 0.15) is 57.7 Å². The first-order chi connectivity index (χ1) is 13.5. The second-order valence-electron chi connectivity index (χ2n) is 6.91. The van der Waals surface area contributed by atoms with Crippen LogP contribution in [-0.4, -0.2) is 16.1 Å². The van der Waals surface area contributed by atoms with Gasteiger partial charge < -0.3 is 15.5 Å². The van der Waals surface area contributed by atoms with Gasteiger partial charge in [0, 0.05) is 17.0 Å². The molecule has 28 heavy (non-hydrogen) atoms. The average Bonchev–Trinajstić information content (AvgIpc) is 3.11. The number of aliphatic hydroxyl groups is 2. The van der Waals surface area contributed by atoms with Gasteiger partial charge in [0.2, 0.25) is 0 Å². The first kappa shape index (κ1) is 18.8. The van der Waals surface area contributed by atoms with Crippen LogP contribution < -0.4 is 5.32 Å². The fourth-order valence-electron chi connectivity index (χ4n) is 3.87. The predicted molar refractivity (Wildman–Crippen MR) is 107 cm³/mol. The number of aryl methyl sites for hydroxylation is 1. The van der Waals surface area contributed by atoms with E-state index >= 15 is 0 Å². The summed E-state index contributed by atoms with van der Waals surface area (Å²) in [5, 5.41) is 25.1. The highest BCUT2D eigenvalue weighted by Gasteiger charge is 2.28. The van der Waals surface area contributed by atoms with Crippen molar-refractivity contribution in [3.63, 3.8) is 0 Å². The summed E-state index contributed by atoms with van der Waals surface area (Å²) in [5.74, 6) is -0.772. The van der Waals surface area contributed by atoms with Gasteiger partial charge in [-0.25, -0.2) is 4.39 Å². The Bertz CT molecular complexity index is 997. The molecular weight excluding hydrogens is 377 g/mol. The monoisotopic (exact) mass is 397 g/mol. The smallest absolute Gasteiger partial charge is 0.256 e. The number of anilines is 1. The van der Waals surface area contributed by atoms with E-state index in [0.717, 1.165) is 24.8 Å². The van der Waals surface area contributed by atoms with Crippen molar-refractivity contribution >= 4 is 22.2 Å². The predicted octanol–water partition coefficient (Wildman–Crippen LogP) is 4.59. The molecular formula is C22H20FNO3S. The number of fused-ring (bicyclic) bond motifs is 1. The van der Waals surface area contributed by atoms with E-state index in [1.165, 1.54) is 46.7 Å². The third-order valence-corrected chi connectivity index (χ3v) is 6.13. The van der Waals surface area contributed by atoms with Gasteiger partial charge in [-0.05, 0) is 65.6 Å². The second kappa shape index (κ2) is 7.83. The maximum Gasteiger partial charge on any atom is 0.256 e. The summed E-state index contributed by atoms with van der Waals surface area (Å²) in [6.45, 7) is 0. The van der Waals surface area contributed by atoms with Gasteiger partial charge >= 0.3 is 0 Å². The van der Waals surface area contributed by atoms with Crippen molar-refractivity contribution in [3.05, 3.63) is 87.5 Å². The largest absolute Gasteiger partial charge is 0.364 e. The lowest BCUT2D eigenvalue weighted by molar-refractivity contribution is -0.0423. The normalized spacial score (nSPS) is 16.1. The van der Waals surface area contributed by atoms with Crippen molar-refractivity contribution in [1.82, 2.24) is 0 Å². The Hall–Kier alpha value is -2.54. The highest BCUT2D eigenvalue weighted by molar-refractivity contribution is 7.14. The Morgan fingerprint density at radius 2 is 1.86 bits per heavy atom. The third-order valence-electron chi connectivity index (χ3n) is 5.20. The molecule has 144 valence electrons. The van der Waals surface area contributed by atoms with E-state index in [4.69, 9.17) is 0 Å². The molecule has 1 atom stereocenters.